The molecule has 0 spiro atoms. The van der Waals surface area contributed by atoms with Crippen LogP contribution in [0.2, 0.25) is 5.02 Å². The zero-order valence-corrected chi connectivity index (χ0v) is 10.2. The predicted molar refractivity (Wildman–Crippen MR) is 66.8 cm³/mol. The van der Waals surface area contributed by atoms with E-state index in [1.165, 1.54) is 0 Å². The fraction of sp³-hybridized carbons (Fsp3) is 0.250. The van der Waals surface area contributed by atoms with E-state index in [4.69, 9.17) is 11.6 Å². The zero-order chi connectivity index (χ0) is 11.4. The fourth-order valence-electron chi connectivity index (χ4n) is 1.54. The van der Waals surface area contributed by atoms with Crippen molar-refractivity contribution in [1.82, 2.24) is 4.98 Å². The molecule has 0 radical (unpaired) electrons. The molecule has 0 fully saturated rings. The van der Waals surface area contributed by atoms with Crippen LogP contribution in [0.4, 0.5) is 0 Å². The summed E-state index contributed by atoms with van der Waals surface area (Å²) < 4.78 is 0. The molecule has 1 atom stereocenters. The Morgan fingerprint density at radius 3 is 2.88 bits per heavy atom. The van der Waals surface area contributed by atoms with Crippen LogP contribution < -0.4 is 0 Å². The van der Waals surface area contributed by atoms with Crippen molar-refractivity contribution in [1.29, 1.82) is 0 Å². The van der Waals surface area contributed by atoms with Gasteiger partial charge >= 0.3 is 0 Å². The molecule has 1 aromatic heterocycles. The average Bonchev–Trinajstić information content (AvgIpc) is 2.79. The largest absolute Gasteiger partial charge is 0.388 e. The molecule has 0 aliphatic heterocycles. The normalized spacial score (nSPS) is 12.6. The lowest BCUT2D eigenvalue weighted by Gasteiger charge is -2.11. The van der Waals surface area contributed by atoms with Gasteiger partial charge in [0.2, 0.25) is 0 Å². The van der Waals surface area contributed by atoms with Crippen LogP contribution in [0.3, 0.4) is 0 Å². The van der Waals surface area contributed by atoms with E-state index in [0.29, 0.717) is 11.4 Å². The third kappa shape index (κ3) is 2.82. The molecule has 16 heavy (non-hydrogen) atoms. The van der Waals surface area contributed by atoms with E-state index in [2.05, 4.69) is 4.98 Å². The Hall–Kier alpha value is -0.900. The Morgan fingerprint density at radius 2 is 2.19 bits per heavy atom. The van der Waals surface area contributed by atoms with E-state index >= 15 is 0 Å². The summed E-state index contributed by atoms with van der Waals surface area (Å²) in [5, 5.41) is 13.6. The molecule has 0 bridgehead atoms. The van der Waals surface area contributed by atoms with Crippen molar-refractivity contribution in [2.75, 3.05) is 0 Å². The molecule has 4 heteroatoms. The SMILES string of the molecule is OC(CCc1nccs1)c1ccccc1Cl. The first-order valence-corrected chi connectivity index (χ1v) is 6.34. The van der Waals surface area contributed by atoms with Crippen LogP contribution in [-0.2, 0) is 6.42 Å². The summed E-state index contributed by atoms with van der Waals surface area (Å²) in [7, 11) is 0. The van der Waals surface area contributed by atoms with Gasteiger partial charge in [-0.2, -0.15) is 0 Å². The highest BCUT2D eigenvalue weighted by Crippen LogP contribution is 2.26. The summed E-state index contributed by atoms with van der Waals surface area (Å²) in [5.74, 6) is 0. The Labute approximate surface area is 104 Å². The number of nitrogens with zero attached hydrogens (tertiary/aromatic N) is 1. The van der Waals surface area contributed by atoms with Crippen LogP contribution in [0.1, 0.15) is 23.1 Å². The van der Waals surface area contributed by atoms with E-state index in [1.54, 1.807) is 23.6 Å². The van der Waals surface area contributed by atoms with Gasteiger partial charge in [-0.3, -0.25) is 0 Å². The molecule has 0 aliphatic rings. The van der Waals surface area contributed by atoms with Crippen molar-refractivity contribution < 1.29 is 5.11 Å². The number of benzene rings is 1. The summed E-state index contributed by atoms with van der Waals surface area (Å²) in [6, 6.07) is 7.39. The second-order valence-corrected chi connectivity index (χ2v) is 4.89. The molecule has 2 nitrogen and oxygen atoms in total. The van der Waals surface area contributed by atoms with Gasteiger partial charge in [-0.1, -0.05) is 29.8 Å². The summed E-state index contributed by atoms with van der Waals surface area (Å²) >= 11 is 7.62. The summed E-state index contributed by atoms with van der Waals surface area (Å²) in [6.07, 6.45) is 2.70. The van der Waals surface area contributed by atoms with Crippen molar-refractivity contribution >= 4 is 22.9 Å². The topological polar surface area (TPSA) is 33.1 Å². The van der Waals surface area contributed by atoms with Gasteiger partial charge in [0.1, 0.15) is 0 Å². The molecule has 0 saturated heterocycles. The van der Waals surface area contributed by atoms with Crippen LogP contribution in [0, 0.1) is 0 Å². The predicted octanol–water partition coefficient (Wildman–Crippen LogP) is 3.46. The van der Waals surface area contributed by atoms with Gasteiger partial charge in [-0.25, -0.2) is 4.98 Å². The van der Waals surface area contributed by atoms with Crippen LogP contribution in [-0.4, -0.2) is 10.1 Å². The Kier molecular flexibility index (Phi) is 3.93. The van der Waals surface area contributed by atoms with E-state index in [9.17, 15) is 5.11 Å². The minimum atomic E-state index is -0.516. The van der Waals surface area contributed by atoms with Crippen molar-refractivity contribution in [3.8, 4) is 0 Å². The van der Waals surface area contributed by atoms with Crippen LogP contribution in [0.15, 0.2) is 35.8 Å². The number of hydrogen-bond acceptors (Lipinski definition) is 3. The monoisotopic (exact) mass is 253 g/mol. The molecule has 84 valence electrons. The molecule has 2 rings (SSSR count). The molecule has 1 heterocycles. The maximum Gasteiger partial charge on any atom is 0.0925 e. The van der Waals surface area contributed by atoms with Crippen LogP contribution >= 0.6 is 22.9 Å². The lowest BCUT2D eigenvalue weighted by atomic mass is 10.1. The van der Waals surface area contributed by atoms with Crippen LogP contribution in [0.25, 0.3) is 0 Å². The third-order valence-electron chi connectivity index (χ3n) is 2.38. The maximum atomic E-state index is 9.99. The van der Waals surface area contributed by atoms with Crippen molar-refractivity contribution in [2.45, 2.75) is 18.9 Å². The number of rotatable bonds is 4. The molecule has 0 amide bonds. The minimum absolute atomic E-state index is 0.516. The number of thiazole rings is 1. The van der Waals surface area contributed by atoms with Gasteiger partial charge in [0, 0.05) is 23.0 Å². The number of halogens is 1. The minimum Gasteiger partial charge on any atom is -0.388 e. The summed E-state index contributed by atoms with van der Waals surface area (Å²) in [4.78, 5) is 4.18. The first-order chi connectivity index (χ1) is 7.77. The summed E-state index contributed by atoms with van der Waals surface area (Å²) in [5.41, 5.74) is 0.792. The number of aromatic nitrogens is 1. The quantitative estimate of drug-likeness (QED) is 0.905. The second kappa shape index (κ2) is 5.43. The Bertz CT molecular complexity index is 444. The van der Waals surface area contributed by atoms with Crippen molar-refractivity contribution in [3.05, 3.63) is 51.4 Å². The highest BCUT2D eigenvalue weighted by atomic mass is 35.5. The standard InChI is InChI=1S/C12H12ClNOS/c13-10-4-2-1-3-9(10)11(15)5-6-12-14-7-8-16-12/h1-4,7-8,11,15H,5-6H2. The van der Waals surface area contributed by atoms with Gasteiger partial charge in [0.05, 0.1) is 11.1 Å². The third-order valence-corrected chi connectivity index (χ3v) is 3.56. The van der Waals surface area contributed by atoms with Gasteiger partial charge in [0.25, 0.3) is 0 Å². The summed E-state index contributed by atoms with van der Waals surface area (Å²) in [6.45, 7) is 0. The van der Waals surface area contributed by atoms with Crippen molar-refractivity contribution in [3.63, 3.8) is 0 Å². The first-order valence-electron chi connectivity index (χ1n) is 5.08. The van der Waals surface area contributed by atoms with Crippen molar-refractivity contribution in [2.24, 2.45) is 0 Å². The van der Waals surface area contributed by atoms with Gasteiger partial charge < -0.3 is 5.11 Å². The molecular weight excluding hydrogens is 242 g/mol. The lowest BCUT2D eigenvalue weighted by molar-refractivity contribution is 0.168. The number of aryl methyl sites for hydroxylation is 1. The first kappa shape index (κ1) is 11.6. The Morgan fingerprint density at radius 1 is 1.38 bits per heavy atom. The molecular formula is C12H12ClNOS. The van der Waals surface area contributed by atoms with Crippen LogP contribution in [0.5, 0.6) is 0 Å². The molecule has 0 saturated carbocycles. The van der Waals surface area contributed by atoms with Gasteiger partial charge in [0.15, 0.2) is 0 Å². The molecule has 0 aliphatic carbocycles. The highest BCUT2D eigenvalue weighted by molar-refractivity contribution is 7.09. The van der Waals surface area contributed by atoms with E-state index in [1.807, 2.05) is 23.6 Å². The smallest absolute Gasteiger partial charge is 0.0925 e. The molecule has 1 unspecified atom stereocenters. The lowest BCUT2D eigenvalue weighted by Crippen LogP contribution is -2.00. The highest BCUT2D eigenvalue weighted by Gasteiger charge is 2.11. The van der Waals surface area contributed by atoms with Gasteiger partial charge in [-0.05, 0) is 18.1 Å². The number of aliphatic hydroxyl groups excluding tert-OH is 1. The Balaban J connectivity index is 1.98. The number of aliphatic hydroxyl groups is 1. The van der Waals surface area contributed by atoms with Gasteiger partial charge in [-0.15, -0.1) is 11.3 Å². The fourth-order valence-corrected chi connectivity index (χ4v) is 2.44. The number of hydrogen-bond donors (Lipinski definition) is 1. The zero-order valence-electron chi connectivity index (χ0n) is 8.64. The van der Waals surface area contributed by atoms with E-state index < -0.39 is 6.10 Å². The van der Waals surface area contributed by atoms with E-state index in [-0.39, 0.29) is 0 Å². The second-order valence-electron chi connectivity index (χ2n) is 3.50. The molecule has 1 N–H and O–H groups in total. The molecule has 2 aromatic rings. The maximum absolute atomic E-state index is 9.99. The molecule has 1 aromatic carbocycles. The van der Waals surface area contributed by atoms with E-state index in [0.717, 1.165) is 17.0 Å². The average molecular weight is 254 g/mol.